The van der Waals surface area contributed by atoms with Gasteiger partial charge in [-0.2, -0.15) is 0 Å². The second-order valence-corrected chi connectivity index (χ2v) is 3.26. The number of carbonyl (C=O) groups is 1. The van der Waals surface area contributed by atoms with Crippen LogP contribution < -0.4 is 5.32 Å². The fraction of sp³-hybridized carbons (Fsp3) is 0.273. The van der Waals surface area contributed by atoms with E-state index in [-0.39, 0.29) is 12.5 Å². The van der Waals surface area contributed by atoms with Crippen LogP contribution in [0.4, 0.5) is 5.95 Å². The molecule has 0 atom stereocenters. The van der Waals surface area contributed by atoms with Crippen molar-refractivity contribution in [2.45, 2.75) is 6.92 Å². The minimum Gasteiger partial charge on any atom is -0.465 e. The van der Waals surface area contributed by atoms with Gasteiger partial charge in [-0.05, 0) is 19.1 Å². The van der Waals surface area contributed by atoms with E-state index in [1.54, 1.807) is 6.92 Å². The number of nitrogens with zero attached hydrogens (tertiary/aromatic N) is 1. The van der Waals surface area contributed by atoms with Crippen LogP contribution in [0.5, 0.6) is 0 Å². The highest BCUT2D eigenvalue weighted by Gasteiger charge is 2.04. The molecule has 1 aromatic carbocycles. The summed E-state index contributed by atoms with van der Waals surface area (Å²) >= 11 is 0. The fourth-order valence-corrected chi connectivity index (χ4v) is 1.40. The number of aromatic nitrogens is 2. The normalized spacial score (nSPS) is 10.3. The number of anilines is 1. The lowest BCUT2D eigenvalue weighted by Gasteiger charge is -2.01. The van der Waals surface area contributed by atoms with Crippen molar-refractivity contribution in [2.24, 2.45) is 0 Å². The van der Waals surface area contributed by atoms with Gasteiger partial charge in [-0.1, -0.05) is 12.1 Å². The lowest BCUT2D eigenvalue weighted by Crippen LogP contribution is -2.17. The summed E-state index contributed by atoms with van der Waals surface area (Å²) in [6.45, 7) is 2.29. The maximum absolute atomic E-state index is 11.1. The first-order valence-corrected chi connectivity index (χ1v) is 5.14. The van der Waals surface area contributed by atoms with Crippen LogP contribution in [0.15, 0.2) is 24.3 Å². The van der Waals surface area contributed by atoms with Gasteiger partial charge in [0.15, 0.2) is 0 Å². The maximum Gasteiger partial charge on any atom is 0.325 e. The van der Waals surface area contributed by atoms with Gasteiger partial charge in [-0.25, -0.2) is 4.98 Å². The molecule has 0 amide bonds. The zero-order valence-electron chi connectivity index (χ0n) is 8.99. The molecule has 0 unspecified atom stereocenters. The van der Waals surface area contributed by atoms with Crippen molar-refractivity contribution in [3.8, 4) is 0 Å². The quantitative estimate of drug-likeness (QED) is 0.765. The molecular weight excluding hydrogens is 206 g/mol. The topological polar surface area (TPSA) is 67.0 Å². The average Bonchev–Trinajstić information content (AvgIpc) is 2.69. The Balaban J connectivity index is 2.02. The molecule has 1 aromatic heterocycles. The van der Waals surface area contributed by atoms with Crippen molar-refractivity contribution in [3.63, 3.8) is 0 Å². The third-order valence-corrected chi connectivity index (χ3v) is 2.09. The number of esters is 1. The van der Waals surface area contributed by atoms with E-state index in [1.807, 2.05) is 24.3 Å². The molecule has 5 heteroatoms. The van der Waals surface area contributed by atoms with Crippen LogP contribution in [0.3, 0.4) is 0 Å². The molecule has 0 saturated heterocycles. The van der Waals surface area contributed by atoms with Gasteiger partial charge in [-0.3, -0.25) is 4.79 Å². The number of fused-ring (bicyclic) bond motifs is 1. The molecule has 2 aromatic rings. The van der Waals surface area contributed by atoms with E-state index in [0.717, 1.165) is 11.0 Å². The largest absolute Gasteiger partial charge is 0.465 e. The number of rotatable bonds is 4. The van der Waals surface area contributed by atoms with E-state index < -0.39 is 0 Å². The molecule has 0 saturated carbocycles. The average molecular weight is 219 g/mol. The van der Waals surface area contributed by atoms with E-state index >= 15 is 0 Å². The van der Waals surface area contributed by atoms with E-state index in [4.69, 9.17) is 4.74 Å². The van der Waals surface area contributed by atoms with Crippen molar-refractivity contribution in [1.82, 2.24) is 9.97 Å². The first-order chi connectivity index (χ1) is 7.79. The lowest BCUT2D eigenvalue weighted by atomic mass is 10.3. The Morgan fingerprint density at radius 1 is 1.50 bits per heavy atom. The van der Waals surface area contributed by atoms with Crippen molar-refractivity contribution >= 4 is 23.0 Å². The highest BCUT2D eigenvalue weighted by Crippen LogP contribution is 2.12. The number of aromatic amines is 1. The Bertz CT molecular complexity index is 460. The van der Waals surface area contributed by atoms with Crippen LogP contribution in [0.1, 0.15) is 6.92 Å². The zero-order valence-corrected chi connectivity index (χ0v) is 8.99. The molecule has 2 rings (SSSR count). The van der Waals surface area contributed by atoms with E-state index in [9.17, 15) is 4.79 Å². The molecule has 0 radical (unpaired) electrons. The van der Waals surface area contributed by atoms with Crippen LogP contribution in [0.2, 0.25) is 0 Å². The highest BCUT2D eigenvalue weighted by molar-refractivity contribution is 5.79. The Kier molecular flexibility index (Phi) is 3.05. The summed E-state index contributed by atoms with van der Waals surface area (Å²) in [6.07, 6.45) is 0. The predicted octanol–water partition coefficient (Wildman–Crippen LogP) is 1.54. The van der Waals surface area contributed by atoms with Crippen LogP contribution in [-0.4, -0.2) is 29.1 Å². The number of hydrogen-bond acceptors (Lipinski definition) is 4. The summed E-state index contributed by atoms with van der Waals surface area (Å²) in [7, 11) is 0. The molecule has 16 heavy (non-hydrogen) atoms. The minimum atomic E-state index is -0.289. The van der Waals surface area contributed by atoms with Crippen molar-refractivity contribution in [2.75, 3.05) is 18.5 Å². The van der Waals surface area contributed by atoms with Gasteiger partial charge >= 0.3 is 5.97 Å². The standard InChI is InChI=1S/C11H13N3O2/c1-2-16-10(15)7-12-11-13-8-5-3-4-6-9(8)14-11/h3-6H,2,7H2,1H3,(H2,12,13,14). The van der Waals surface area contributed by atoms with Gasteiger partial charge in [0.25, 0.3) is 0 Å². The number of benzene rings is 1. The minimum absolute atomic E-state index is 0.119. The third kappa shape index (κ3) is 2.31. The molecule has 0 fully saturated rings. The van der Waals surface area contributed by atoms with Gasteiger partial charge in [0.05, 0.1) is 17.6 Å². The summed E-state index contributed by atoms with van der Waals surface area (Å²) < 4.78 is 4.79. The maximum atomic E-state index is 11.1. The molecule has 84 valence electrons. The first kappa shape index (κ1) is 10.5. The smallest absolute Gasteiger partial charge is 0.325 e. The molecule has 0 bridgehead atoms. The van der Waals surface area contributed by atoms with Crippen LogP contribution in [-0.2, 0) is 9.53 Å². The molecule has 0 aliphatic rings. The number of carbonyl (C=O) groups excluding carboxylic acids is 1. The molecule has 2 N–H and O–H groups in total. The van der Waals surface area contributed by atoms with Gasteiger partial charge in [0.2, 0.25) is 5.95 Å². The number of para-hydroxylation sites is 2. The van der Waals surface area contributed by atoms with Crippen LogP contribution in [0.25, 0.3) is 11.0 Å². The Labute approximate surface area is 92.8 Å². The number of ether oxygens (including phenoxy) is 1. The van der Waals surface area contributed by atoms with Gasteiger partial charge in [-0.15, -0.1) is 0 Å². The van der Waals surface area contributed by atoms with Gasteiger partial charge in [0.1, 0.15) is 6.54 Å². The zero-order chi connectivity index (χ0) is 11.4. The number of hydrogen-bond donors (Lipinski definition) is 2. The number of nitrogens with one attached hydrogen (secondary N) is 2. The molecule has 0 aliphatic heterocycles. The number of H-pyrrole nitrogens is 1. The SMILES string of the molecule is CCOC(=O)CNc1nc2ccccc2[nH]1. The Morgan fingerprint density at radius 2 is 2.31 bits per heavy atom. The summed E-state index contributed by atoms with van der Waals surface area (Å²) in [4.78, 5) is 18.4. The number of imidazole rings is 1. The van der Waals surface area contributed by atoms with Gasteiger partial charge in [0, 0.05) is 0 Å². The Hall–Kier alpha value is -2.04. The molecule has 0 spiro atoms. The monoisotopic (exact) mass is 219 g/mol. The summed E-state index contributed by atoms with van der Waals surface area (Å²) in [5.74, 6) is 0.289. The first-order valence-electron chi connectivity index (χ1n) is 5.14. The highest BCUT2D eigenvalue weighted by atomic mass is 16.5. The summed E-state index contributed by atoms with van der Waals surface area (Å²) in [5.41, 5.74) is 1.81. The van der Waals surface area contributed by atoms with Crippen LogP contribution >= 0.6 is 0 Å². The molecular formula is C11H13N3O2. The second kappa shape index (κ2) is 4.65. The summed E-state index contributed by atoms with van der Waals surface area (Å²) in [5, 5.41) is 2.88. The molecule has 1 heterocycles. The summed E-state index contributed by atoms with van der Waals surface area (Å²) in [6, 6.07) is 7.67. The van der Waals surface area contributed by atoms with E-state index in [0.29, 0.717) is 12.6 Å². The third-order valence-electron chi connectivity index (χ3n) is 2.09. The van der Waals surface area contributed by atoms with Crippen molar-refractivity contribution in [1.29, 1.82) is 0 Å². The van der Waals surface area contributed by atoms with Crippen molar-refractivity contribution < 1.29 is 9.53 Å². The molecule has 5 nitrogen and oxygen atoms in total. The molecule has 0 aliphatic carbocycles. The fourth-order valence-electron chi connectivity index (χ4n) is 1.40. The van der Waals surface area contributed by atoms with E-state index in [2.05, 4.69) is 15.3 Å². The second-order valence-electron chi connectivity index (χ2n) is 3.26. The van der Waals surface area contributed by atoms with Crippen LogP contribution in [0, 0.1) is 0 Å². The predicted molar refractivity (Wildman–Crippen MR) is 61.2 cm³/mol. The van der Waals surface area contributed by atoms with Crippen molar-refractivity contribution in [3.05, 3.63) is 24.3 Å². The van der Waals surface area contributed by atoms with Gasteiger partial charge < -0.3 is 15.0 Å². The van der Waals surface area contributed by atoms with E-state index in [1.165, 1.54) is 0 Å². The lowest BCUT2D eigenvalue weighted by molar-refractivity contribution is -0.140. The Morgan fingerprint density at radius 3 is 3.06 bits per heavy atom.